The molecule has 0 saturated carbocycles. The normalized spacial score (nSPS) is 9.00. The average molecular weight is 100 g/mol. The second-order valence-electron chi connectivity index (χ2n) is 0.241. The zero-order valence-corrected chi connectivity index (χ0v) is 3.37. The molecular formula is H2ClO2P. The van der Waals surface area contributed by atoms with Crippen molar-refractivity contribution in [2.45, 2.75) is 0 Å². The van der Waals surface area contributed by atoms with E-state index in [1.54, 1.807) is 0 Å². The smallest absolute Gasteiger partial charge is 0.271 e. The first-order chi connectivity index (χ1) is 1.73. The third-order valence-corrected chi connectivity index (χ3v) is 0. The van der Waals surface area contributed by atoms with Gasteiger partial charge in [0.25, 0.3) is 7.73 Å². The molecule has 2 N–H and O–H groups in total. The topological polar surface area (TPSA) is 40.5 Å². The van der Waals surface area contributed by atoms with E-state index in [0.29, 0.717) is 0 Å². The summed E-state index contributed by atoms with van der Waals surface area (Å²) >= 11 is 4.45. The van der Waals surface area contributed by atoms with Gasteiger partial charge in [-0.15, -0.1) is 0 Å². The Balaban J connectivity index is 2.32. The van der Waals surface area contributed by atoms with Crippen LogP contribution in [0.1, 0.15) is 0 Å². The Bertz CT molecular complexity index is 10.8. The van der Waals surface area contributed by atoms with Gasteiger partial charge in [0.1, 0.15) is 0 Å². The zero-order chi connectivity index (χ0) is 3.58. The Hall–Kier alpha value is 0.640. The standard InChI is InChI=1S/ClH2O2P/c1-4(2)3/h2-3H. The van der Waals surface area contributed by atoms with Crippen LogP contribution >= 0.6 is 19.0 Å². The first-order valence-corrected chi connectivity index (χ1v) is 2.72. The molecule has 0 rings (SSSR count). The molecule has 0 amide bonds. The van der Waals surface area contributed by atoms with Crippen molar-refractivity contribution in [2.75, 3.05) is 0 Å². The second-order valence-corrected chi connectivity index (χ2v) is 1.63. The molecule has 0 heterocycles. The van der Waals surface area contributed by atoms with E-state index in [4.69, 9.17) is 9.79 Å². The molecule has 0 atom stereocenters. The molecule has 4 heteroatoms. The predicted molar refractivity (Wildman–Crippen MR) is 17.2 cm³/mol. The van der Waals surface area contributed by atoms with E-state index in [0.717, 1.165) is 0 Å². The first kappa shape index (κ1) is 4.64. The van der Waals surface area contributed by atoms with Crippen molar-refractivity contribution in [1.82, 2.24) is 0 Å². The molecular weight excluding hydrogens is 98.4 g/mol. The predicted octanol–water partition coefficient (Wildman–Crippen LogP) is 0.437. The molecule has 0 unspecified atom stereocenters. The van der Waals surface area contributed by atoms with E-state index >= 15 is 0 Å². The van der Waals surface area contributed by atoms with Crippen molar-refractivity contribution in [2.24, 2.45) is 0 Å². The minimum absolute atomic E-state index is 2.15. The van der Waals surface area contributed by atoms with Crippen LogP contribution in [0.5, 0.6) is 0 Å². The van der Waals surface area contributed by atoms with Crippen molar-refractivity contribution in [3.63, 3.8) is 0 Å². The van der Waals surface area contributed by atoms with Crippen molar-refractivity contribution in [3.8, 4) is 0 Å². The lowest BCUT2D eigenvalue weighted by Gasteiger charge is -1.74. The van der Waals surface area contributed by atoms with Crippen LogP contribution < -0.4 is 0 Å². The summed E-state index contributed by atoms with van der Waals surface area (Å²) in [6, 6.07) is 0. The Kier molecular flexibility index (Phi) is 2.22. The third kappa shape index (κ3) is 17.3. The lowest BCUT2D eigenvalue weighted by atomic mass is 15.9. The van der Waals surface area contributed by atoms with Crippen molar-refractivity contribution >= 4 is 19.0 Å². The lowest BCUT2D eigenvalue weighted by molar-refractivity contribution is 0.504. The van der Waals surface area contributed by atoms with E-state index in [-0.39, 0.29) is 0 Å². The molecule has 0 aromatic carbocycles. The Labute approximate surface area is 29.7 Å². The van der Waals surface area contributed by atoms with Gasteiger partial charge < -0.3 is 9.79 Å². The minimum atomic E-state index is -2.15. The Morgan fingerprint density at radius 3 is 1.50 bits per heavy atom. The summed E-state index contributed by atoms with van der Waals surface area (Å²) in [6.45, 7) is 0. The molecule has 0 aliphatic heterocycles. The van der Waals surface area contributed by atoms with Crippen LogP contribution in [0.4, 0.5) is 0 Å². The van der Waals surface area contributed by atoms with Gasteiger partial charge in [-0.3, -0.25) is 0 Å². The van der Waals surface area contributed by atoms with Crippen LogP contribution in [0.3, 0.4) is 0 Å². The van der Waals surface area contributed by atoms with E-state index in [1.165, 1.54) is 0 Å². The van der Waals surface area contributed by atoms with E-state index in [9.17, 15) is 0 Å². The van der Waals surface area contributed by atoms with E-state index < -0.39 is 7.73 Å². The molecule has 0 spiro atoms. The first-order valence-electron chi connectivity index (χ1n) is 0.569. The molecule has 2 nitrogen and oxygen atoms in total. The Morgan fingerprint density at radius 2 is 1.50 bits per heavy atom. The Morgan fingerprint density at radius 1 is 1.50 bits per heavy atom. The molecule has 0 aliphatic rings. The van der Waals surface area contributed by atoms with Gasteiger partial charge in [0.15, 0.2) is 0 Å². The highest BCUT2D eigenvalue weighted by molar-refractivity contribution is 7.74. The third-order valence-electron chi connectivity index (χ3n) is 0. The van der Waals surface area contributed by atoms with Crippen molar-refractivity contribution in [3.05, 3.63) is 0 Å². The molecule has 0 aliphatic carbocycles. The molecule has 4 heavy (non-hydrogen) atoms. The summed E-state index contributed by atoms with van der Waals surface area (Å²) in [7, 11) is -2.15. The van der Waals surface area contributed by atoms with Gasteiger partial charge in [-0.2, -0.15) is 0 Å². The summed E-state index contributed by atoms with van der Waals surface area (Å²) in [5.41, 5.74) is 0. The highest BCUT2D eigenvalue weighted by Gasteiger charge is 1.77. The van der Waals surface area contributed by atoms with Crippen LogP contribution in [0.25, 0.3) is 0 Å². The fourth-order valence-corrected chi connectivity index (χ4v) is 0. The zero-order valence-electron chi connectivity index (χ0n) is 1.72. The summed E-state index contributed by atoms with van der Waals surface area (Å²) in [5, 5.41) is 0. The second kappa shape index (κ2) is 1.91. The lowest BCUT2D eigenvalue weighted by Crippen LogP contribution is -1.41. The van der Waals surface area contributed by atoms with Crippen LogP contribution in [-0.4, -0.2) is 9.79 Å². The molecule has 0 fully saturated rings. The fourth-order valence-electron chi connectivity index (χ4n) is 0. The van der Waals surface area contributed by atoms with Crippen LogP contribution in [0.2, 0.25) is 0 Å². The summed E-state index contributed by atoms with van der Waals surface area (Å²) in [6.07, 6.45) is 0. The maximum absolute atomic E-state index is 7.44. The van der Waals surface area contributed by atoms with Gasteiger partial charge >= 0.3 is 0 Å². The van der Waals surface area contributed by atoms with Crippen LogP contribution in [-0.2, 0) is 0 Å². The van der Waals surface area contributed by atoms with Gasteiger partial charge in [0, 0.05) is 0 Å². The molecule has 0 aromatic heterocycles. The minimum Gasteiger partial charge on any atom is -0.338 e. The van der Waals surface area contributed by atoms with E-state index in [1.807, 2.05) is 0 Å². The molecule has 0 bridgehead atoms. The fraction of sp³-hybridized carbons (Fsp3) is 0. The maximum Gasteiger partial charge on any atom is 0.271 e. The summed E-state index contributed by atoms with van der Waals surface area (Å²) in [5.74, 6) is 0. The SMILES string of the molecule is OP(O)Cl. The van der Waals surface area contributed by atoms with Crippen molar-refractivity contribution in [1.29, 1.82) is 0 Å². The van der Waals surface area contributed by atoms with Gasteiger partial charge in [-0.25, -0.2) is 0 Å². The van der Waals surface area contributed by atoms with Gasteiger partial charge in [0.2, 0.25) is 0 Å². The highest BCUT2D eigenvalue weighted by Crippen LogP contribution is 2.27. The van der Waals surface area contributed by atoms with Gasteiger partial charge in [-0.05, 0) is 11.2 Å². The number of hydrogen-bond donors (Lipinski definition) is 2. The monoisotopic (exact) mass is 99.9 g/mol. The van der Waals surface area contributed by atoms with Gasteiger partial charge in [-0.1, -0.05) is 0 Å². The summed E-state index contributed by atoms with van der Waals surface area (Å²) in [4.78, 5) is 14.9. The van der Waals surface area contributed by atoms with Gasteiger partial charge in [0.05, 0.1) is 0 Å². The molecule has 0 aromatic rings. The molecule has 0 saturated heterocycles. The van der Waals surface area contributed by atoms with Crippen LogP contribution in [0, 0.1) is 0 Å². The van der Waals surface area contributed by atoms with Crippen LogP contribution in [0.15, 0.2) is 0 Å². The number of hydrogen-bond acceptors (Lipinski definition) is 2. The quantitative estimate of drug-likeness (QED) is 0.434. The largest absolute Gasteiger partial charge is 0.338 e. The molecule has 0 radical (unpaired) electrons. The maximum atomic E-state index is 7.44. The van der Waals surface area contributed by atoms with Crippen molar-refractivity contribution < 1.29 is 9.79 Å². The highest BCUT2D eigenvalue weighted by atomic mass is 35.7. The molecule has 26 valence electrons. The number of halogens is 1. The summed E-state index contributed by atoms with van der Waals surface area (Å²) < 4.78 is 0. The average Bonchev–Trinajstić information content (AvgIpc) is 0.811. The number of rotatable bonds is 0. The van der Waals surface area contributed by atoms with E-state index in [2.05, 4.69) is 11.2 Å².